The predicted molar refractivity (Wildman–Crippen MR) is 113 cm³/mol. The van der Waals surface area contributed by atoms with E-state index >= 15 is 0 Å². The first-order valence-corrected chi connectivity index (χ1v) is 10.3. The number of carbonyl (C=O) groups excluding carboxylic acids is 3. The van der Waals surface area contributed by atoms with Crippen LogP contribution in [0.4, 0.5) is 5.69 Å². The number of benzene rings is 1. The molecule has 1 aromatic carbocycles. The van der Waals surface area contributed by atoms with Crippen molar-refractivity contribution in [2.24, 2.45) is 0 Å². The van der Waals surface area contributed by atoms with Crippen molar-refractivity contribution in [1.82, 2.24) is 10.2 Å². The zero-order valence-electron chi connectivity index (χ0n) is 15.5. The van der Waals surface area contributed by atoms with Crippen LogP contribution in [0.15, 0.2) is 35.7 Å². The Morgan fingerprint density at radius 1 is 1.21 bits per heavy atom. The van der Waals surface area contributed by atoms with Crippen molar-refractivity contribution < 1.29 is 14.4 Å². The maximum Gasteiger partial charge on any atom is 0.261 e. The number of nitrogens with zero attached hydrogens (tertiary/aromatic N) is 1. The summed E-state index contributed by atoms with van der Waals surface area (Å²) in [6, 6.07) is 7.42. The molecule has 0 aliphatic carbocycles. The molecule has 0 fully saturated rings. The third kappa shape index (κ3) is 6.22. The lowest BCUT2D eigenvalue weighted by molar-refractivity contribution is -0.136. The second-order valence-corrected chi connectivity index (χ2v) is 7.90. The molecule has 2 aromatic rings. The summed E-state index contributed by atoms with van der Waals surface area (Å²) in [6.45, 7) is 3.75. The van der Waals surface area contributed by atoms with Crippen LogP contribution >= 0.6 is 34.5 Å². The van der Waals surface area contributed by atoms with Gasteiger partial charge in [-0.1, -0.05) is 36.2 Å². The van der Waals surface area contributed by atoms with E-state index in [1.165, 1.54) is 22.3 Å². The molecule has 0 bridgehead atoms. The van der Waals surface area contributed by atoms with E-state index in [1.54, 1.807) is 36.6 Å². The van der Waals surface area contributed by atoms with Crippen molar-refractivity contribution >= 4 is 57.9 Å². The average molecular weight is 442 g/mol. The topological polar surface area (TPSA) is 78.5 Å². The van der Waals surface area contributed by atoms with Crippen LogP contribution in [0.2, 0.25) is 10.0 Å². The van der Waals surface area contributed by atoms with Crippen LogP contribution in [-0.4, -0.2) is 41.8 Å². The quantitative estimate of drug-likeness (QED) is 0.648. The van der Waals surface area contributed by atoms with E-state index < -0.39 is 6.04 Å². The Bertz CT molecular complexity index is 843. The molecule has 1 unspecified atom stereocenters. The number of rotatable bonds is 8. The van der Waals surface area contributed by atoms with E-state index in [0.29, 0.717) is 33.6 Å². The van der Waals surface area contributed by atoms with Gasteiger partial charge < -0.3 is 15.5 Å². The molecule has 0 saturated heterocycles. The zero-order chi connectivity index (χ0) is 20.7. The van der Waals surface area contributed by atoms with Crippen LogP contribution in [0.5, 0.6) is 0 Å². The molecule has 0 aliphatic rings. The minimum atomic E-state index is -0.756. The van der Waals surface area contributed by atoms with Crippen molar-refractivity contribution in [2.45, 2.75) is 26.3 Å². The first kappa shape index (κ1) is 22.2. The molecule has 0 radical (unpaired) electrons. The lowest BCUT2D eigenvalue weighted by Gasteiger charge is -2.25. The predicted octanol–water partition coefficient (Wildman–Crippen LogP) is 4.05. The van der Waals surface area contributed by atoms with E-state index in [4.69, 9.17) is 23.2 Å². The van der Waals surface area contributed by atoms with Gasteiger partial charge in [0, 0.05) is 11.6 Å². The Morgan fingerprint density at radius 3 is 2.57 bits per heavy atom. The summed E-state index contributed by atoms with van der Waals surface area (Å²) < 4.78 is 0. The van der Waals surface area contributed by atoms with Gasteiger partial charge in [0.2, 0.25) is 11.8 Å². The van der Waals surface area contributed by atoms with Crippen molar-refractivity contribution in [1.29, 1.82) is 0 Å². The molecule has 28 heavy (non-hydrogen) atoms. The van der Waals surface area contributed by atoms with Crippen LogP contribution in [-0.2, 0) is 9.59 Å². The fourth-order valence-corrected chi connectivity index (χ4v) is 3.58. The summed E-state index contributed by atoms with van der Waals surface area (Å²) in [7, 11) is 0. The van der Waals surface area contributed by atoms with Gasteiger partial charge in [-0.2, -0.15) is 0 Å². The molecule has 3 amide bonds. The van der Waals surface area contributed by atoms with Gasteiger partial charge in [0.1, 0.15) is 6.04 Å². The van der Waals surface area contributed by atoms with Gasteiger partial charge in [-0.05, 0) is 43.0 Å². The van der Waals surface area contributed by atoms with Gasteiger partial charge in [0.05, 0.1) is 22.1 Å². The number of hydrogen-bond donors (Lipinski definition) is 2. The zero-order valence-corrected chi connectivity index (χ0v) is 17.8. The summed E-state index contributed by atoms with van der Waals surface area (Å²) >= 11 is 13.2. The molecule has 0 spiro atoms. The molecule has 0 saturated carbocycles. The van der Waals surface area contributed by atoms with E-state index in [0.717, 1.165) is 0 Å². The summed E-state index contributed by atoms with van der Waals surface area (Å²) in [5.74, 6) is -1.03. The second-order valence-electron chi connectivity index (χ2n) is 6.10. The maximum absolute atomic E-state index is 12.7. The second kappa shape index (κ2) is 10.5. The minimum absolute atomic E-state index is 0.148. The summed E-state index contributed by atoms with van der Waals surface area (Å²) in [5, 5.41) is 7.91. The first-order valence-electron chi connectivity index (χ1n) is 8.69. The standard InChI is InChI=1S/C19H21Cl2N3O3S/c1-3-8-24(11-17(25)23-15-7-6-13(20)10-14(15)21)19(27)12(2)22-18(26)16-5-4-9-28-16/h4-7,9-10,12H,3,8,11H2,1-2H3,(H,22,26)(H,23,25). The highest BCUT2D eigenvalue weighted by atomic mass is 35.5. The van der Waals surface area contributed by atoms with Gasteiger partial charge in [-0.15, -0.1) is 11.3 Å². The average Bonchev–Trinajstić information content (AvgIpc) is 3.18. The number of carbonyl (C=O) groups is 3. The lowest BCUT2D eigenvalue weighted by Crippen LogP contribution is -2.49. The molecular weight excluding hydrogens is 421 g/mol. The normalized spacial score (nSPS) is 11.6. The van der Waals surface area contributed by atoms with Crippen LogP contribution < -0.4 is 10.6 Å². The molecule has 1 heterocycles. The van der Waals surface area contributed by atoms with Gasteiger partial charge in [-0.3, -0.25) is 14.4 Å². The molecule has 2 rings (SSSR count). The summed E-state index contributed by atoms with van der Waals surface area (Å²) in [5.41, 5.74) is 0.416. The van der Waals surface area contributed by atoms with E-state index in [2.05, 4.69) is 10.6 Å². The molecule has 1 atom stereocenters. The monoisotopic (exact) mass is 441 g/mol. The SMILES string of the molecule is CCCN(CC(=O)Nc1ccc(Cl)cc1Cl)C(=O)C(C)NC(=O)c1cccs1. The Morgan fingerprint density at radius 2 is 1.96 bits per heavy atom. The fraction of sp³-hybridized carbons (Fsp3) is 0.316. The highest BCUT2D eigenvalue weighted by Crippen LogP contribution is 2.25. The van der Waals surface area contributed by atoms with Gasteiger partial charge in [-0.25, -0.2) is 0 Å². The smallest absolute Gasteiger partial charge is 0.261 e. The molecule has 6 nitrogen and oxygen atoms in total. The summed E-state index contributed by atoms with van der Waals surface area (Å²) in [6.07, 6.45) is 0.673. The number of thiophene rings is 1. The van der Waals surface area contributed by atoms with Crippen LogP contribution in [0, 0.1) is 0 Å². The number of anilines is 1. The van der Waals surface area contributed by atoms with Crippen molar-refractivity contribution in [2.75, 3.05) is 18.4 Å². The van der Waals surface area contributed by atoms with E-state index in [-0.39, 0.29) is 24.3 Å². The molecule has 150 valence electrons. The fourth-order valence-electron chi connectivity index (χ4n) is 2.50. The summed E-state index contributed by atoms with van der Waals surface area (Å²) in [4.78, 5) is 39.2. The van der Waals surface area contributed by atoms with E-state index in [1.807, 2.05) is 6.92 Å². The highest BCUT2D eigenvalue weighted by Gasteiger charge is 2.24. The van der Waals surface area contributed by atoms with Crippen molar-refractivity contribution in [3.8, 4) is 0 Å². The Balaban J connectivity index is 1.99. The third-order valence-electron chi connectivity index (χ3n) is 3.81. The van der Waals surface area contributed by atoms with Crippen LogP contribution in [0.1, 0.15) is 29.9 Å². The third-order valence-corrected chi connectivity index (χ3v) is 5.22. The Hall–Kier alpha value is -2.09. The first-order chi connectivity index (χ1) is 13.3. The molecule has 2 N–H and O–H groups in total. The Labute approximate surface area is 177 Å². The molecular formula is C19H21Cl2N3O3S. The largest absolute Gasteiger partial charge is 0.340 e. The molecule has 0 aliphatic heterocycles. The highest BCUT2D eigenvalue weighted by molar-refractivity contribution is 7.12. The number of hydrogen-bond acceptors (Lipinski definition) is 4. The van der Waals surface area contributed by atoms with Gasteiger partial charge in [0.15, 0.2) is 0 Å². The minimum Gasteiger partial charge on any atom is -0.340 e. The molecule has 1 aromatic heterocycles. The number of amides is 3. The lowest BCUT2D eigenvalue weighted by atomic mass is 10.2. The van der Waals surface area contributed by atoms with Gasteiger partial charge >= 0.3 is 0 Å². The van der Waals surface area contributed by atoms with E-state index in [9.17, 15) is 14.4 Å². The van der Waals surface area contributed by atoms with Crippen molar-refractivity contribution in [3.63, 3.8) is 0 Å². The number of halogens is 2. The van der Waals surface area contributed by atoms with Gasteiger partial charge in [0.25, 0.3) is 5.91 Å². The van der Waals surface area contributed by atoms with Crippen LogP contribution in [0.25, 0.3) is 0 Å². The Kier molecular flexibility index (Phi) is 8.29. The maximum atomic E-state index is 12.7. The number of nitrogens with one attached hydrogen (secondary N) is 2. The van der Waals surface area contributed by atoms with Crippen LogP contribution in [0.3, 0.4) is 0 Å². The van der Waals surface area contributed by atoms with Crippen molar-refractivity contribution in [3.05, 3.63) is 50.6 Å². The molecule has 9 heteroatoms.